The van der Waals surface area contributed by atoms with Gasteiger partial charge >= 0.3 is 0 Å². The van der Waals surface area contributed by atoms with Crippen molar-refractivity contribution in [3.8, 4) is 12.1 Å². The summed E-state index contributed by atoms with van der Waals surface area (Å²) in [6.45, 7) is 2.16. The Labute approximate surface area is 91.7 Å². The molecule has 0 aromatic heterocycles. The van der Waals surface area contributed by atoms with Gasteiger partial charge < -0.3 is 0 Å². The van der Waals surface area contributed by atoms with Gasteiger partial charge in [0.1, 0.15) is 0 Å². The van der Waals surface area contributed by atoms with Gasteiger partial charge in [-0.1, -0.05) is 39.0 Å². The van der Waals surface area contributed by atoms with Gasteiger partial charge in [-0.15, -0.1) is 0 Å². The Balaban J connectivity index is 3.48. The van der Waals surface area contributed by atoms with Gasteiger partial charge in [0, 0.05) is 6.42 Å². The predicted molar refractivity (Wildman–Crippen MR) is 57.7 cm³/mol. The lowest BCUT2D eigenvalue weighted by atomic mass is 10.0. The van der Waals surface area contributed by atoms with Crippen LogP contribution in [0.3, 0.4) is 0 Å². The fraction of sp³-hybridized carbons (Fsp3) is 0.750. The smallest absolute Gasteiger partial charge is 0.191 e. The molecule has 0 bridgehead atoms. The molecule has 0 rings (SSSR count). The van der Waals surface area contributed by atoms with Gasteiger partial charge in [0.25, 0.3) is 0 Å². The monoisotopic (exact) mass is 206 g/mol. The Morgan fingerprint density at radius 2 is 1.60 bits per heavy atom. The average molecular weight is 206 g/mol. The first kappa shape index (κ1) is 13.7. The minimum atomic E-state index is -1.05. The lowest BCUT2D eigenvalue weighted by molar-refractivity contribution is -0.120. The molecule has 0 aliphatic carbocycles. The summed E-state index contributed by atoms with van der Waals surface area (Å²) in [5, 5.41) is 17.0. The number of carbonyl (C=O) groups excluding carboxylic acids is 1. The molecule has 0 aromatic carbocycles. The molecule has 82 valence electrons. The van der Waals surface area contributed by atoms with E-state index in [0.717, 1.165) is 19.3 Å². The fourth-order valence-corrected chi connectivity index (χ4v) is 1.40. The van der Waals surface area contributed by atoms with Crippen LogP contribution in [0.4, 0.5) is 0 Å². The maximum Gasteiger partial charge on any atom is 0.191 e. The molecule has 0 saturated carbocycles. The Morgan fingerprint density at radius 1 is 1.07 bits per heavy atom. The summed E-state index contributed by atoms with van der Waals surface area (Å²) < 4.78 is 0. The molecule has 0 aliphatic rings. The normalized spacial score (nSPS) is 9.60. The lowest BCUT2D eigenvalue weighted by Gasteiger charge is -2.00. The topological polar surface area (TPSA) is 64.7 Å². The number of unbranched alkanes of at least 4 members (excludes halogenated alkanes) is 5. The quantitative estimate of drug-likeness (QED) is 0.573. The number of nitrogens with zero attached hydrogens (tertiary/aromatic N) is 2. The molecule has 3 nitrogen and oxygen atoms in total. The summed E-state index contributed by atoms with van der Waals surface area (Å²) in [6, 6.07) is 3.40. The third-order valence-corrected chi connectivity index (χ3v) is 2.36. The van der Waals surface area contributed by atoms with E-state index in [1.807, 2.05) is 0 Å². The molecule has 0 N–H and O–H groups in total. The molecule has 0 aliphatic heterocycles. The van der Waals surface area contributed by atoms with E-state index in [1.165, 1.54) is 19.3 Å². The van der Waals surface area contributed by atoms with Crippen molar-refractivity contribution < 1.29 is 4.79 Å². The van der Waals surface area contributed by atoms with E-state index in [-0.39, 0.29) is 5.78 Å². The molecule has 0 spiro atoms. The van der Waals surface area contributed by atoms with Crippen molar-refractivity contribution >= 4 is 5.78 Å². The maximum atomic E-state index is 11.2. The highest BCUT2D eigenvalue weighted by Crippen LogP contribution is 2.09. The summed E-state index contributed by atoms with van der Waals surface area (Å²) in [7, 11) is 0. The first-order chi connectivity index (χ1) is 7.26. The van der Waals surface area contributed by atoms with Gasteiger partial charge in [0.15, 0.2) is 11.7 Å². The molecule has 0 fully saturated rings. The van der Waals surface area contributed by atoms with Crippen LogP contribution in [0, 0.1) is 28.6 Å². The van der Waals surface area contributed by atoms with Crippen LogP contribution in [0.2, 0.25) is 0 Å². The zero-order chi connectivity index (χ0) is 11.5. The van der Waals surface area contributed by atoms with Crippen molar-refractivity contribution in [1.82, 2.24) is 0 Å². The molecular weight excluding hydrogens is 188 g/mol. The van der Waals surface area contributed by atoms with Crippen LogP contribution in [0.25, 0.3) is 0 Å². The molecule has 0 amide bonds. The fourth-order valence-electron chi connectivity index (χ4n) is 1.40. The molecule has 3 heteroatoms. The van der Waals surface area contributed by atoms with Crippen LogP contribution in [-0.2, 0) is 4.79 Å². The van der Waals surface area contributed by atoms with Crippen LogP contribution in [0.5, 0.6) is 0 Å². The Kier molecular flexibility index (Phi) is 8.39. The Bertz CT molecular complexity index is 246. The first-order valence-corrected chi connectivity index (χ1v) is 5.58. The number of hydrogen-bond donors (Lipinski definition) is 0. The zero-order valence-corrected chi connectivity index (χ0v) is 9.33. The Morgan fingerprint density at radius 3 is 2.13 bits per heavy atom. The third kappa shape index (κ3) is 6.69. The van der Waals surface area contributed by atoms with Gasteiger partial charge in [-0.3, -0.25) is 4.79 Å². The number of rotatable bonds is 8. The minimum Gasteiger partial charge on any atom is -0.297 e. The van der Waals surface area contributed by atoms with Crippen LogP contribution in [0.15, 0.2) is 0 Å². The average Bonchev–Trinajstić information content (AvgIpc) is 2.25. The molecule has 15 heavy (non-hydrogen) atoms. The van der Waals surface area contributed by atoms with Gasteiger partial charge in [-0.2, -0.15) is 10.5 Å². The molecule has 0 saturated heterocycles. The molecule has 0 aromatic rings. The zero-order valence-electron chi connectivity index (χ0n) is 9.33. The molecule has 0 atom stereocenters. The van der Waals surface area contributed by atoms with Gasteiger partial charge in [0.2, 0.25) is 0 Å². The van der Waals surface area contributed by atoms with Crippen molar-refractivity contribution in [1.29, 1.82) is 10.5 Å². The second-order valence-electron chi connectivity index (χ2n) is 3.68. The number of Topliss-reactive ketones (excluding diaryl/α,β-unsaturated/α-hetero) is 1. The number of carbonyl (C=O) groups is 1. The van der Waals surface area contributed by atoms with Crippen molar-refractivity contribution in [3.05, 3.63) is 0 Å². The third-order valence-electron chi connectivity index (χ3n) is 2.36. The van der Waals surface area contributed by atoms with E-state index in [9.17, 15) is 4.79 Å². The van der Waals surface area contributed by atoms with Crippen molar-refractivity contribution in [2.45, 2.75) is 51.9 Å². The number of nitriles is 2. The maximum absolute atomic E-state index is 11.2. The highest BCUT2D eigenvalue weighted by molar-refractivity contribution is 5.85. The molecule has 0 radical (unpaired) electrons. The summed E-state index contributed by atoms with van der Waals surface area (Å²) in [6.07, 6.45) is 7.02. The lowest BCUT2D eigenvalue weighted by Crippen LogP contribution is -2.09. The second-order valence-corrected chi connectivity index (χ2v) is 3.68. The van der Waals surface area contributed by atoms with Crippen molar-refractivity contribution in [3.63, 3.8) is 0 Å². The molecule has 0 heterocycles. The molecular formula is C12H18N2O. The summed E-state index contributed by atoms with van der Waals surface area (Å²) in [5.74, 6) is -1.28. The largest absolute Gasteiger partial charge is 0.297 e. The Hall–Kier alpha value is -1.35. The van der Waals surface area contributed by atoms with Crippen LogP contribution >= 0.6 is 0 Å². The van der Waals surface area contributed by atoms with Gasteiger partial charge in [0.05, 0.1) is 12.1 Å². The number of ketones is 1. The van der Waals surface area contributed by atoms with Crippen LogP contribution < -0.4 is 0 Å². The van der Waals surface area contributed by atoms with E-state index in [1.54, 1.807) is 12.1 Å². The standard InChI is InChI=1S/C12H18N2O/c1-2-3-4-5-6-7-8-12(15)11(9-13)10-14/h11H,2-8H2,1H3. The molecule has 0 unspecified atom stereocenters. The predicted octanol–water partition coefficient (Wildman–Crippen LogP) is 2.97. The van der Waals surface area contributed by atoms with Gasteiger partial charge in [-0.25, -0.2) is 0 Å². The SMILES string of the molecule is CCCCCCCCC(=O)C(C#N)C#N. The highest BCUT2D eigenvalue weighted by atomic mass is 16.1. The van der Waals surface area contributed by atoms with Crippen LogP contribution in [0.1, 0.15) is 51.9 Å². The first-order valence-electron chi connectivity index (χ1n) is 5.58. The van der Waals surface area contributed by atoms with E-state index in [2.05, 4.69) is 6.92 Å². The van der Waals surface area contributed by atoms with E-state index < -0.39 is 5.92 Å². The van der Waals surface area contributed by atoms with E-state index in [0.29, 0.717) is 6.42 Å². The van der Waals surface area contributed by atoms with Crippen LogP contribution in [-0.4, -0.2) is 5.78 Å². The summed E-state index contributed by atoms with van der Waals surface area (Å²) in [5.41, 5.74) is 0. The summed E-state index contributed by atoms with van der Waals surface area (Å²) in [4.78, 5) is 11.2. The summed E-state index contributed by atoms with van der Waals surface area (Å²) >= 11 is 0. The van der Waals surface area contributed by atoms with Crippen molar-refractivity contribution in [2.75, 3.05) is 0 Å². The van der Waals surface area contributed by atoms with E-state index >= 15 is 0 Å². The second kappa shape index (κ2) is 9.21. The van der Waals surface area contributed by atoms with Gasteiger partial charge in [-0.05, 0) is 6.42 Å². The number of hydrogen-bond acceptors (Lipinski definition) is 3. The highest BCUT2D eigenvalue weighted by Gasteiger charge is 2.15. The van der Waals surface area contributed by atoms with Crippen molar-refractivity contribution in [2.24, 2.45) is 5.92 Å². The minimum absolute atomic E-state index is 0.226. The van der Waals surface area contributed by atoms with E-state index in [4.69, 9.17) is 10.5 Å².